The molecule has 0 spiro atoms. The number of piperidine rings is 2. The van der Waals surface area contributed by atoms with E-state index in [4.69, 9.17) is 47.9 Å². The van der Waals surface area contributed by atoms with Crippen LogP contribution < -0.4 is 40.6 Å². The van der Waals surface area contributed by atoms with Crippen LogP contribution in [0.1, 0.15) is 60.8 Å². The van der Waals surface area contributed by atoms with Gasteiger partial charge in [-0.3, -0.25) is 9.80 Å². The van der Waals surface area contributed by atoms with E-state index < -0.39 is 0 Å². The standard InChI is InChI=1S/C26H23ClN6O2S.C15H9ClN4O2S2.C12H18N2/c27-19-8-9-20-23(35-15-34-20)22(19)31-21-17(12-28)13-29-25-24(21)36-26(32-25)30-18-6-4-16(5-7-18)14-33-10-2-1-3-11-33;1-23-15-20-14-13(24-15)10(7(4-17)5-18-14)19-11-8(16)2-3-9-12(11)22-6-21-9;13-12-6-4-11(5-7-12)10-14-8-2-1-3-9-14/h4-9,13H,1-3,10-11,14-15H2,(H2,29,30,31,32);2-3,5H,6H2,1H3,(H,18,19);4-7H,1-3,8-10,13H2. The monoisotopic (exact) mass is 1080 g/mol. The summed E-state index contributed by atoms with van der Waals surface area (Å²) >= 11 is 17.2. The van der Waals surface area contributed by atoms with Gasteiger partial charge in [0.25, 0.3) is 0 Å². The maximum Gasteiger partial charge on any atom is 0.231 e. The lowest BCUT2D eigenvalue weighted by Crippen LogP contribution is -2.29. The summed E-state index contributed by atoms with van der Waals surface area (Å²) in [4.78, 5) is 22.8. The smallest absolute Gasteiger partial charge is 0.231 e. The van der Waals surface area contributed by atoms with Crippen LogP contribution in [0, 0.1) is 22.7 Å². The third-order valence-corrected chi connectivity index (χ3v) is 16.3. The topological polar surface area (TPSA) is 205 Å². The fourth-order valence-corrected chi connectivity index (χ4v) is 11.7. The number of halogens is 2. The van der Waals surface area contributed by atoms with Crippen molar-refractivity contribution in [1.29, 1.82) is 10.5 Å². The highest BCUT2D eigenvalue weighted by molar-refractivity contribution is 8.00. The molecule has 0 unspecified atom stereocenters. The highest BCUT2D eigenvalue weighted by Gasteiger charge is 2.25. The Morgan fingerprint density at radius 1 is 0.608 bits per heavy atom. The highest BCUT2D eigenvalue weighted by atomic mass is 35.5. The second kappa shape index (κ2) is 23.6. The fourth-order valence-electron chi connectivity index (χ4n) is 8.86. The van der Waals surface area contributed by atoms with Gasteiger partial charge in [0.05, 0.1) is 37.2 Å². The third kappa shape index (κ3) is 11.8. The number of hydrogen-bond acceptors (Lipinski definition) is 19. The number of ether oxygens (including phenoxy) is 4. The molecule has 2 saturated heterocycles. The van der Waals surface area contributed by atoms with E-state index in [1.54, 1.807) is 24.3 Å². The van der Waals surface area contributed by atoms with Crippen LogP contribution >= 0.6 is 57.6 Å². The van der Waals surface area contributed by atoms with Gasteiger partial charge < -0.3 is 40.6 Å². The summed E-state index contributed by atoms with van der Waals surface area (Å²) in [5.74, 6) is 2.26. The number of pyridine rings is 2. The van der Waals surface area contributed by atoms with Crippen molar-refractivity contribution in [3.63, 3.8) is 0 Å². The van der Waals surface area contributed by atoms with Gasteiger partial charge in [-0.15, -0.1) is 11.3 Å². The van der Waals surface area contributed by atoms with Gasteiger partial charge in [0.1, 0.15) is 28.2 Å². The van der Waals surface area contributed by atoms with Crippen LogP contribution in [0.4, 0.5) is 39.3 Å². The molecule has 0 amide bonds. The van der Waals surface area contributed by atoms with Crippen molar-refractivity contribution in [1.82, 2.24) is 29.7 Å². The van der Waals surface area contributed by atoms with E-state index in [0.717, 1.165) is 38.2 Å². The number of thiazole rings is 2. The Morgan fingerprint density at radius 3 is 1.59 bits per heavy atom. The second-order valence-electron chi connectivity index (χ2n) is 17.6. The van der Waals surface area contributed by atoms with Crippen molar-refractivity contribution in [3.8, 4) is 35.1 Å². The number of rotatable bonds is 11. The Hall–Kier alpha value is -6.81. The Kier molecular flexibility index (Phi) is 16.2. The summed E-state index contributed by atoms with van der Waals surface area (Å²) in [6, 6.07) is 28.0. The van der Waals surface area contributed by atoms with E-state index in [0.29, 0.717) is 83.3 Å². The molecule has 16 nitrogen and oxygen atoms in total. The first-order valence-electron chi connectivity index (χ1n) is 24.0. The number of nitriles is 2. The van der Waals surface area contributed by atoms with Crippen molar-refractivity contribution in [2.24, 2.45) is 0 Å². The number of aromatic nitrogens is 4. The van der Waals surface area contributed by atoms with Crippen LogP contribution in [0.3, 0.4) is 0 Å². The van der Waals surface area contributed by atoms with Gasteiger partial charge in [-0.25, -0.2) is 15.0 Å². The van der Waals surface area contributed by atoms with Crippen molar-refractivity contribution in [3.05, 3.63) is 117 Å². The van der Waals surface area contributed by atoms with E-state index in [1.165, 1.54) is 123 Å². The molecule has 74 heavy (non-hydrogen) atoms. The molecule has 0 aliphatic carbocycles. The number of anilines is 7. The maximum absolute atomic E-state index is 9.75. The number of nitrogens with one attached hydrogen (secondary N) is 3. The minimum absolute atomic E-state index is 0.118. The molecule has 21 heteroatoms. The first-order chi connectivity index (χ1) is 36.2. The Labute approximate surface area is 450 Å². The molecule has 4 aliphatic heterocycles. The molecule has 0 saturated carbocycles. The lowest BCUT2D eigenvalue weighted by Gasteiger charge is -2.26. The summed E-state index contributed by atoms with van der Waals surface area (Å²) in [5, 5.41) is 30.7. The van der Waals surface area contributed by atoms with Crippen LogP contribution in [0.15, 0.2) is 89.5 Å². The Morgan fingerprint density at radius 2 is 1.09 bits per heavy atom. The molecule has 12 rings (SSSR count). The van der Waals surface area contributed by atoms with Gasteiger partial charge in [0.15, 0.2) is 43.8 Å². The first-order valence-corrected chi connectivity index (χ1v) is 27.6. The molecule has 0 atom stereocenters. The van der Waals surface area contributed by atoms with Gasteiger partial charge >= 0.3 is 0 Å². The number of nitrogens with zero attached hydrogens (tertiary/aromatic N) is 8. The zero-order valence-corrected chi connectivity index (χ0v) is 44.2. The SMILES string of the molecule is CSc1nc2ncc(C#N)c(Nc3c(Cl)ccc4c3OCO4)c2s1.N#Cc1cnc2nc(Nc3ccc(CN4CCCCC4)cc3)sc2c1Nc1c(Cl)ccc2c1OCO2.Nc1ccc(CN2CCCCC2)cc1. The van der Waals surface area contributed by atoms with E-state index >= 15 is 0 Å². The number of thioether (sulfide) groups is 1. The first kappa shape index (κ1) is 50.7. The molecule has 4 aromatic carbocycles. The highest BCUT2D eigenvalue weighted by Crippen LogP contribution is 2.48. The third-order valence-electron chi connectivity index (χ3n) is 12.6. The van der Waals surface area contributed by atoms with Crippen molar-refractivity contribution >= 4 is 118 Å². The maximum atomic E-state index is 9.75. The molecule has 8 aromatic rings. The van der Waals surface area contributed by atoms with Crippen LogP contribution in [0.5, 0.6) is 23.0 Å². The summed E-state index contributed by atoms with van der Waals surface area (Å²) in [6.45, 7) is 7.18. The Bertz CT molecular complexity index is 3370. The minimum atomic E-state index is 0.118. The quantitative estimate of drug-likeness (QED) is 0.0702. The zero-order valence-electron chi connectivity index (χ0n) is 40.3. The number of hydrogen-bond donors (Lipinski definition) is 4. The van der Waals surface area contributed by atoms with Crippen molar-refractivity contribution in [2.75, 3.05) is 67.7 Å². The number of benzene rings is 4. The molecule has 4 aliphatic rings. The van der Waals surface area contributed by atoms with Gasteiger partial charge in [-0.1, -0.05) is 83.4 Å². The van der Waals surface area contributed by atoms with Crippen LogP contribution in [0.2, 0.25) is 10.0 Å². The largest absolute Gasteiger partial charge is 0.454 e. The van der Waals surface area contributed by atoms with Gasteiger partial charge in [0, 0.05) is 36.9 Å². The summed E-state index contributed by atoms with van der Waals surface area (Å²) in [6.07, 6.45) is 13.0. The summed E-state index contributed by atoms with van der Waals surface area (Å²) in [5.41, 5.74) is 14.3. The van der Waals surface area contributed by atoms with Gasteiger partial charge in [-0.05, 0) is 118 Å². The molecule has 5 N–H and O–H groups in total. The second-order valence-corrected chi connectivity index (χ2v) is 21.5. The van der Waals surface area contributed by atoms with Gasteiger partial charge in [0.2, 0.25) is 13.6 Å². The Balaban J connectivity index is 0.000000141. The van der Waals surface area contributed by atoms with Gasteiger partial charge in [-0.2, -0.15) is 15.5 Å². The predicted octanol–water partition coefficient (Wildman–Crippen LogP) is 13.1. The van der Waals surface area contributed by atoms with Crippen molar-refractivity contribution in [2.45, 2.75) is 56.0 Å². The summed E-state index contributed by atoms with van der Waals surface area (Å²) < 4.78 is 24.4. The van der Waals surface area contributed by atoms with E-state index in [1.807, 2.05) is 18.4 Å². The molecule has 0 bridgehead atoms. The number of nitrogen functional groups attached to an aromatic ring is 1. The number of nitrogens with two attached hydrogens (primary N) is 1. The molecule has 8 heterocycles. The average molecular weight is 1090 g/mol. The predicted molar refractivity (Wildman–Crippen MR) is 297 cm³/mol. The normalized spacial score (nSPS) is 14.8. The van der Waals surface area contributed by atoms with E-state index in [2.05, 4.69) is 94.2 Å². The lowest BCUT2D eigenvalue weighted by atomic mass is 10.1. The average Bonchev–Trinajstić information content (AvgIpc) is 4.28. The number of fused-ring (bicyclic) bond motifs is 4. The summed E-state index contributed by atoms with van der Waals surface area (Å²) in [7, 11) is 0. The molecular formula is C53H50Cl2N12O4S3. The lowest BCUT2D eigenvalue weighted by molar-refractivity contribution is 0.174. The molecule has 378 valence electrons. The van der Waals surface area contributed by atoms with Crippen LogP contribution in [-0.2, 0) is 13.1 Å². The fraction of sp³-hybridized carbons (Fsp3) is 0.283. The number of likely N-dealkylation sites (tertiary alicyclic amines) is 2. The van der Waals surface area contributed by atoms with Crippen LogP contribution in [0.25, 0.3) is 20.7 Å². The molecular weight excluding hydrogens is 1040 g/mol. The zero-order chi connectivity index (χ0) is 51.0. The van der Waals surface area contributed by atoms with Crippen molar-refractivity contribution < 1.29 is 18.9 Å². The van der Waals surface area contributed by atoms with Crippen LogP contribution in [-0.4, -0.2) is 75.8 Å². The molecule has 4 aromatic heterocycles. The van der Waals surface area contributed by atoms with E-state index in [-0.39, 0.29) is 13.6 Å². The molecule has 2 fully saturated rings. The van der Waals surface area contributed by atoms with E-state index in [9.17, 15) is 10.5 Å². The minimum Gasteiger partial charge on any atom is -0.454 e. The molecule has 0 radical (unpaired) electrons.